The van der Waals surface area contributed by atoms with Crippen molar-refractivity contribution < 1.29 is 4.74 Å². The first-order valence-corrected chi connectivity index (χ1v) is 6.54. The minimum Gasteiger partial charge on any atom is -0.497 e. The van der Waals surface area contributed by atoms with Crippen LogP contribution in [-0.4, -0.2) is 51.3 Å². The summed E-state index contributed by atoms with van der Waals surface area (Å²) in [5, 5.41) is 0. The van der Waals surface area contributed by atoms with Gasteiger partial charge in [-0.05, 0) is 32.1 Å². The molecule has 1 saturated heterocycles. The zero-order valence-corrected chi connectivity index (χ0v) is 11.3. The van der Waals surface area contributed by atoms with Gasteiger partial charge in [0, 0.05) is 37.4 Å². The van der Waals surface area contributed by atoms with Gasteiger partial charge in [-0.15, -0.1) is 0 Å². The largest absolute Gasteiger partial charge is 0.497 e. The van der Waals surface area contributed by atoms with Crippen molar-refractivity contribution in [1.29, 1.82) is 0 Å². The Labute approximate surface area is 109 Å². The topological polar surface area (TPSA) is 41.7 Å². The van der Waals surface area contributed by atoms with Gasteiger partial charge in [-0.1, -0.05) is 6.07 Å². The smallest absolute Gasteiger partial charge is 0.120 e. The molecule has 1 unspecified atom stereocenters. The minimum absolute atomic E-state index is 0.501. The third-order valence-electron chi connectivity index (χ3n) is 3.57. The molecule has 0 spiro atoms. The van der Waals surface area contributed by atoms with Gasteiger partial charge in [0.1, 0.15) is 5.75 Å². The van der Waals surface area contributed by atoms with E-state index in [1.54, 1.807) is 7.11 Å². The highest BCUT2D eigenvalue weighted by Gasteiger charge is 2.24. The highest BCUT2D eigenvalue weighted by molar-refractivity contribution is 5.52. The Hall–Kier alpha value is -1.26. The second-order valence-electron chi connectivity index (χ2n) is 4.89. The van der Waals surface area contributed by atoms with E-state index in [1.807, 2.05) is 12.1 Å². The lowest BCUT2D eigenvalue weighted by Crippen LogP contribution is -2.52. The first-order valence-electron chi connectivity index (χ1n) is 6.54. The molecular formula is C14H23N3O. The van der Waals surface area contributed by atoms with Crippen LogP contribution in [0, 0.1) is 0 Å². The average molecular weight is 249 g/mol. The normalized spacial score (nSPS) is 21.1. The van der Waals surface area contributed by atoms with E-state index >= 15 is 0 Å². The van der Waals surface area contributed by atoms with E-state index in [-0.39, 0.29) is 0 Å². The van der Waals surface area contributed by atoms with Crippen molar-refractivity contribution in [2.24, 2.45) is 5.73 Å². The van der Waals surface area contributed by atoms with Gasteiger partial charge in [0.05, 0.1) is 7.11 Å². The number of hydrogen-bond acceptors (Lipinski definition) is 4. The Balaban J connectivity index is 2.17. The minimum atomic E-state index is 0.501. The summed E-state index contributed by atoms with van der Waals surface area (Å²) >= 11 is 0. The number of methoxy groups -OCH3 is 1. The Morgan fingerprint density at radius 1 is 1.39 bits per heavy atom. The molecule has 1 aliphatic rings. The molecule has 0 bridgehead atoms. The second kappa shape index (κ2) is 6.07. The van der Waals surface area contributed by atoms with Gasteiger partial charge in [0.2, 0.25) is 0 Å². The third kappa shape index (κ3) is 2.94. The summed E-state index contributed by atoms with van der Waals surface area (Å²) in [6, 6.07) is 8.79. The van der Waals surface area contributed by atoms with Crippen LogP contribution in [-0.2, 0) is 0 Å². The van der Waals surface area contributed by atoms with E-state index < -0.39 is 0 Å². The molecule has 1 fully saturated rings. The molecule has 0 aliphatic carbocycles. The molecule has 2 rings (SSSR count). The van der Waals surface area contributed by atoms with E-state index in [4.69, 9.17) is 10.5 Å². The lowest BCUT2D eigenvalue weighted by molar-refractivity contribution is 0.261. The van der Waals surface area contributed by atoms with Crippen LogP contribution in [0.3, 0.4) is 0 Å². The summed E-state index contributed by atoms with van der Waals surface area (Å²) in [5.74, 6) is 0.915. The number of benzene rings is 1. The summed E-state index contributed by atoms with van der Waals surface area (Å²) < 4.78 is 5.30. The molecule has 0 amide bonds. The van der Waals surface area contributed by atoms with E-state index in [9.17, 15) is 0 Å². The fourth-order valence-electron chi connectivity index (χ4n) is 2.58. The number of nitrogens with zero attached hydrogens (tertiary/aromatic N) is 2. The Bertz CT molecular complexity index is 383. The molecule has 4 heteroatoms. The predicted octanol–water partition coefficient (Wildman–Crippen LogP) is 1.16. The summed E-state index contributed by atoms with van der Waals surface area (Å²) in [6.45, 7) is 3.96. The van der Waals surface area contributed by atoms with Gasteiger partial charge in [0.15, 0.2) is 0 Å². The summed E-state index contributed by atoms with van der Waals surface area (Å²) in [4.78, 5) is 4.83. The zero-order chi connectivity index (χ0) is 13.0. The molecule has 18 heavy (non-hydrogen) atoms. The number of anilines is 1. The molecule has 0 aromatic heterocycles. The number of piperazine rings is 1. The van der Waals surface area contributed by atoms with E-state index in [2.05, 4.69) is 29.0 Å². The van der Waals surface area contributed by atoms with Crippen LogP contribution >= 0.6 is 0 Å². The van der Waals surface area contributed by atoms with Crippen molar-refractivity contribution in [3.8, 4) is 5.75 Å². The quantitative estimate of drug-likeness (QED) is 0.869. The van der Waals surface area contributed by atoms with Crippen molar-refractivity contribution in [3.63, 3.8) is 0 Å². The molecule has 0 saturated carbocycles. The molecule has 0 radical (unpaired) electrons. The van der Waals surface area contributed by atoms with Gasteiger partial charge in [-0.25, -0.2) is 0 Å². The number of hydrogen-bond donors (Lipinski definition) is 1. The molecule has 4 nitrogen and oxygen atoms in total. The standard InChI is InChI=1S/C14H23N3O/c1-16-8-9-17(13(11-16)6-7-15)12-4-3-5-14(10-12)18-2/h3-5,10,13H,6-9,11,15H2,1-2H3. The predicted molar refractivity (Wildman–Crippen MR) is 75.3 cm³/mol. The summed E-state index contributed by atoms with van der Waals surface area (Å²) in [6.07, 6.45) is 1.03. The molecule has 2 N–H and O–H groups in total. The summed E-state index contributed by atoms with van der Waals surface area (Å²) in [5.41, 5.74) is 6.97. The Morgan fingerprint density at radius 3 is 2.94 bits per heavy atom. The maximum atomic E-state index is 5.73. The van der Waals surface area contributed by atoms with Gasteiger partial charge >= 0.3 is 0 Å². The van der Waals surface area contributed by atoms with Crippen LogP contribution < -0.4 is 15.4 Å². The Kier molecular flexibility index (Phi) is 4.44. The molecule has 1 aromatic carbocycles. The van der Waals surface area contributed by atoms with E-state index in [0.29, 0.717) is 6.04 Å². The number of ether oxygens (including phenoxy) is 1. The van der Waals surface area contributed by atoms with Crippen molar-refractivity contribution in [3.05, 3.63) is 24.3 Å². The van der Waals surface area contributed by atoms with Crippen LogP contribution in [0.5, 0.6) is 5.75 Å². The molecule has 100 valence electrons. The zero-order valence-electron chi connectivity index (χ0n) is 11.3. The fraction of sp³-hybridized carbons (Fsp3) is 0.571. The van der Waals surface area contributed by atoms with Crippen molar-refractivity contribution in [2.45, 2.75) is 12.5 Å². The van der Waals surface area contributed by atoms with Gasteiger partial charge in [-0.2, -0.15) is 0 Å². The lowest BCUT2D eigenvalue weighted by Gasteiger charge is -2.41. The molecule has 1 atom stereocenters. The van der Waals surface area contributed by atoms with Crippen molar-refractivity contribution in [1.82, 2.24) is 4.90 Å². The van der Waals surface area contributed by atoms with Gasteiger partial charge < -0.3 is 20.3 Å². The first-order chi connectivity index (χ1) is 8.74. The average Bonchev–Trinajstić information content (AvgIpc) is 2.39. The SMILES string of the molecule is COc1cccc(N2CCN(C)CC2CCN)c1. The molecule has 1 aliphatic heterocycles. The van der Waals surface area contributed by atoms with Crippen LogP contribution in [0.15, 0.2) is 24.3 Å². The molecular weight excluding hydrogens is 226 g/mol. The monoisotopic (exact) mass is 249 g/mol. The fourth-order valence-corrected chi connectivity index (χ4v) is 2.58. The highest BCUT2D eigenvalue weighted by Crippen LogP contribution is 2.25. The summed E-state index contributed by atoms with van der Waals surface area (Å²) in [7, 11) is 3.88. The highest BCUT2D eigenvalue weighted by atomic mass is 16.5. The van der Waals surface area contributed by atoms with Crippen molar-refractivity contribution in [2.75, 3.05) is 45.2 Å². The van der Waals surface area contributed by atoms with Crippen LogP contribution in [0.4, 0.5) is 5.69 Å². The Morgan fingerprint density at radius 2 is 2.22 bits per heavy atom. The van der Waals surface area contributed by atoms with Crippen LogP contribution in [0.2, 0.25) is 0 Å². The maximum absolute atomic E-state index is 5.73. The second-order valence-corrected chi connectivity index (χ2v) is 4.89. The first kappa shape index (κ1) is 13.2. The molecule has 1 aromatic rings. The van der Waals surface area contributed by atoms with Gasteiger partial charge in [0.25, 0.3) is 0 Å². The maximum Gasteiger partial charge on any atom is 0.120 e. The van der Waals surface area contributed by atoms with E-state index in [1.165, 1.54) is 5.69 Å². The molecule has 1 heterocycles. The van der Waals surface area contributed by atoms with Crippen molar-refractivity contribution >= 4 is 5.69 Å². The van der Waals surface area contributed by atoms with Gasteiger partial charge in [-0.3, -0.25) is 0 Å². The number of rotatable bonds is 4. The lowest BCUT2D eigenvalue weighted by atomic mass is 10.1. The third-order valence-corrected chi connectivity index (χ3v) is 3.57. The number of nitrogens with two attached hydrogens (primary N) is 1. The van der Waals surface area contributed by atoms with Crippen LogP contribution in [0.1, 0.15) is 6.42 Å². The number of likely N-dealkylation sites (N-methyl/N-ethyl adjacent to an activating group) is 1. The van der Waals surface area contributed by atoms with Crippen LogP contribution in [0.25, 0.3) is 0 Å². The van der Waals surface area contributed by atoms with E-state index in [0.717, 1.165) is 38.3 Å².